The van der Waals surface area contributed by atoms with E-state index in [1.54, 1.807) is 17.8 Å². The molecule has 0 unspecified atom stereocenters. The number of halogens is 1. The number of carbonyl (C=O) groups excluding carboxylic acids is 1. The van der Waals surface area contributed by atoms with Crippen LogP contribution in [-0.2, 0) is 4.79 Å². The first kappa shape index (κ1) is 13.8. The Morgan fingerprint density at radius 2 is 2.17 bits per heavy atom. The number of hydrogen-bond acceptors (Lipinski definition) is 2. The Hall–Kier alpha value is -0.670. The van der Waals surface area contributed by atoms with Crippen molar-refractivity contribution in [2.24, 2.45) is 0 Å². The Balaban J connectivity index is 1.80. The van der Waals surface area contributed by atoms with Gasteiger partial charge in [0.2, 0.25) is 5.91 Å². The molecule has 0 saturated heterocycles. The van der Waals surface area contributed by atoms with E-state index in [1.807, 2.05) is 19.1 Å². The van der Waals surface area contributed by atoms with Crippen molar-refractivity contribution in [3.05, 3.63) is 28.8 Å². The molecule has 0 radical (unpaired) electrons. The summed E-state index contributed by atoms with van der Waals surface area (Å²) in [7, 11) is 0. The zero-order chi connectivity index (χ0) is 13.0. The Morgan fingerprint density at radius 1 is 1.44 bits per heavy atom. The summed E-state index contributed by atoms with van der Waals surface area (Å²) in [5, 5.41) is 4.26. The summed E-state index contributed by atoms with van der Waals surface area (Å²) in [6.45, 7) is 1.95. The van der Waals surface area contributed by atoms with Crippen LogP contribution < -0.4 is 5.32 Å². The first-order chi connectivity index (χ1) is 8.65. The lowest BCUT2D eigenvalue weighted by molar-refractivity contribution is -0.113. The van der Waals surface area contributed by atoms with E-state index in [0.29, 0.717) is 16.0 Å². The third kappa shape index (κ3) is 3.92. The second-order valence-electron chi connectivity index (χ2n) is 4.73. The molecule has 1 aliphatic carbocycles. The second kappa shape index (κ2) is 6.48. The molecule has 0 heterocycles. The summed E-state index contributed by atoms with van der Waals surface area (Å²) in [5.74, 6) is 0.600. The second-order valence-corrected chi connectivity index (χ2v) is 6.43. The number of rotatable bonds is 4. The van der Waals surface area contributed by atoms with Gasteiger partial charge in [0.15, 0.2) is 0 Å². The molecule has 0 aromatic heterocycles. The van der Waals surface area contributed by atoms with Crippen molar-refractivity contribution >= 4 is 35.0 Å². The van der Waals surface area contributed by atoms with Crippen LogP contribution >= 0.6 is 23.4 Å². The van der Waals surface area contributed by atoms with Crippen molar-refractivity contribution in [3.8, 4) is 0 Å². The zero-order valence-corrected chi connectivity index (χ0v) is 12.1. The summed E-state index contributed by atoms with van der Waals surface area (Å²) >= 11 is 7.80. The van der Waals surface area contributed by atoms with Crippen molar-refractivity contribution in [1.29, 1.82) is 0 Å². The minimum Gasteiger partial charge on any atom is -0.325 e. The summed E-state index contributed by atoms with van der Waals surface area (Å²) in [6.07, 6.45) is 5.14. The maximum absolute atomic E-state index is 11.8. The Labute approximate surface area is 117 Å². The maximum Gasteiger partial charge on any atom is 0.234 e. The Kier molecular flexibility index (Phi) is 4.95. The monoisotopic (exact) mass is 283 g/mol. The lowest BCUT2D eigenvalue weighted by Gasteiger charge is -2.09. The molecular weight excluding hydrogens is 266 g/mol. The van der Waals surface area contributed by atoms with Crippen LogP contribution in [-0.4, -0.2) is 16.9 Å². The lowest BCUT2D eigenvalue weighted by Crippen LogP contribution is -2.15. The minimum absolute atomic E-state index is 0.0619. The summed E-state index contributed by atoms with van der Waals surface area (Å²) in [4.78, 5) is 11.8. The fourth-order valence-corrected chi connectivity index (χ4v) is 3.42. The van der Waals surface area contributed by atoms with Gasteiger partial charge in [-0.25, -0.2) is 0 Å². The number of anilines is 1. The SMILES string of the molecule is Cc1ccc(NC(=O)CSC2CCCC2)cc1Cl. The third-order valence-corrected chi connectivity index (χ3v) is 4.99. The van der Waals surface area contributed by atoms with Gasteiger partial charge >= 0.3 is 0 Å². The average Bonchev–Trinajstić information content (AvgIpc) is 2.84. The van der Waals surface area contributed by atoms with Crippen molar-refractivity contribution in [1.82, 2.24) is 0 Å². The molecule has 1 amide bonds. The van der Waals surface area contributed by atoms with Crippen molar-refractivity contribution in [3.63, 3.8) is 0 Å². The van der Waals surface area contributed by atoms with Crippen LogP contribution in [0.15, 0.2) is 18.2 Å². The van der Waals surface area contributed by atoms with Crippen LogP contribution in [0.25, 0.3) is 0 Å². The zero-order valence-electron chi connectivity index (χ0n) is 10.5. The summed E-state index contributed by atoms with van der Waals surface area (Å²) < 4.78 is 0. The highest BCUT2D eigenvalue weighted by molar-refractivity contribution is 8.00. The fourth-order valence-electron chi connectivity index (χ4n) is 2.12. The molecule has 0 spiro atoms. The van der Waals surface area contributed by atoms with Crippen LogP contribution in [0.4, 0.5) is 5.69 Å². The number of benzene rings is 1. The van der Waals surface area contributed by atoms with Gasteiger partial charge in [-0.1, -0.05) is 30.5 Å². The largest absolute Gasteiger partial charge is 0.325 e. The van der Waals surface area contributed by atoms with Crippen LogP contribution in [0, 0.1) is 6.92 Å². The molecule has 98 valence electrons. The topological polar surface area (TPSA) is 29.1 Å². The smallest absolute Gasteiger partial charge is 0.234 e. The molecule has 2 rings (SSSR count). The molecule has 0 bridgehead atoms. The first-order valence-corrected chi connectivity index (χ1v) is 7.75. The number of amides is 1. The normalized spacial score (nSPS) is 15.9. The van der Waals surface area contributed by atoms with Gasteiger partial charge in [0, 0.05) is 16.0 Å². The highest BCUT2D eigenvalue weighted by Gasteiger charge is 2.16. The van der Waals surface area contributed by atoms with Crippen LogP contribution in [0.3, 0.4) is 0 Å². The highest BCUT2D eigenvalue weighted by atomic mass is 35.5. The van der Waals surface area contributed by atoms with Gasteiger partial charge < -0.3 is 5.32 Å². The van der Waals surface area contributed by atoms with Gasteiger partial charge in [-0.15, -0.1) is 11.8 Å². The molecule has 2 nitrogen and oxygen atoms in total. The number of aryl methyl sites for hydroxylation is 1. The lowest BCUT2D eigenvalue weighted by atomic mass is 10.2. The molecule has 1 aromatic rings. The predicted octanol–water partition coefficient (Wildman–Crippen LogP) is 4.26. The van der Waals surface area contributed by atoms with E-state index in [1.165, 1.54) is 25.7 Å². The van der Waals surface area contributed by atoms with Gasteiger partial charge in [0.25, 0.3) is 0 Å². The van der Waals surface area contributed by atoms with Crippen molar-refractivity contribution in [2.45, 2.75) is 37.9 Å². The molecule has 18 heavy (non-hydrogen) atoms. The molecule has 4 heteroatoms. The number of thioether (sulfide) groups is 1. The van der Waals surface area contributed by atoms with E-state index in [2.05, 4.69) is 5.32 Å². The van der Waals surface area contributed by atoms with Gasteiger partial charge in [-0.05, 0) is 37.5 Å². The van der Waals surface area contributed by atoms with E-state index < -0.39 is 0 Å². The molecule has 1 aliphatic rings. The molecular formula is C14H18ClNOS. The first-order valence-electron chi connectivity index (χ1n) is 6.33. The molecule has 1 aromatic carbocycles. The van der Waals surface area contributed by atoms with Gasteiger partial charge in [-0.3, -0.25) is 4.79 Å². The van der Waals surface area contributed by atoms with E-state index in [9.17, 15) is 4.79 Å². The van der Waals surface area contributed by atoms with E-state index in [0.717, 1.165) is 11.3 Å². The van der Waals surface area contributed by atoms with Gasteiger partial charge in [0.1, 0.15) is 0 Å². The van der Waals surface area contributed by atoms with E-state index in [-0.39, 0.29) is 5.91 Å². The average molecular weight is 284 g/mol. The van der Waals surface area contributed by atoms with Crippen LogP contribution in [0.5, 0.6) is 0 Å². The van der Waals surface area contributed by atoms with Crippen molar-refractivity contribution in [2.75, 3.05) is 11.1 Å². The molecule has 1 saturated carbocycles. The van der Waals surface area contributed by atoms with Gasteiger partial charge in [0.05, 0.1) is 5.75 Å². The van der Waals surface area contributed by atoms with Crippen LogP contribution in [0.1, 0.15) is 31.2 Å². The molecule has 1 fully saturated rings. The fraction of sp³-hybridized carbons (Fsp3) is 0.500. The third-order valence-electron chi connectivity index (χ3n) is 3.21. The van der Waals surface area contributed by atoms with Crippen molar-refractivity contribution < 1.29 is 4.79 Å². The predicted molar refractivity (Wildman–Crippen MR) is 79.5 cm³/mol. The quantitative estimate of drug-likeness (QED) is 0.894. The Bertz CT molecular complexity index is 430. The number of hydrogen-bond donors (Lipinski definition) is 1. The Morgan fingerprint density at radius 3 is 2.83 bits per heavy atom. The number of carbonyl (C=O) groups is 1. The number of nitrogens with one attached hydrogen (secondary N) is 1. The van der Waals surface area contributed by atoms with E-state index >= 15 is 0 Å². The standard InChI is InChI=1S/C14H18ClNOS/c1-10-6-7-11(8-13(10)15)16-14(17)9-18-12-4-2-3-5-12/h6-8,12H,2-5,9H2,1H3,(H,16,17). The summed E-state index contributed by atoms with van der Waals surface area (Å²) in [5.41, 5.74) is 1.80. The maximum atomic E-state index is 11.8. The van der Waals surface area contributed by atoms with Gasteiger partial charge in [-0.2, -0.15) is 0 Å². The minimum atomic E-state index is 0.0619. The molecule has 0 atom stereocenters. The molecule has 1 N–H and O–H groups in total. The van der Waals surface area contributed by atoms with Crippen LogP contribution in [0.2, 0.25) is 5.02 Å². The molecule has 0 aliphatic heterocycles. The van der Waals surface area contributed by atoms with E-state index in [4.69, 9.17) is 11.6 Å². The summed E-state index contributed by atoms with van der Waals surface area (Å²) in [6, 6.07) is 5.61. The highest BCUT2D eigenvalue weighted by Crippen LogP contribution is 2.29.